The van der Waals surface area contributed by atoms with Crippen molar-refractivity contribution < 1.29 is 4.74 Å². The van der Waals surface area contributed by atoms with Crippen molar-refractivity contribution in [3.05, 3.63) is 51.3 Å². The Hall–Kier alpha value is -2.05. The Morgan fingerprint density at radius 1 is 1.14 bits per heavy atom. The summed E-state index contributed by atoms with van der Waals surface area (Å²) in [5, 5.41) is 0.801. The minimum atomic E-state index is -0.104. The number of aromatic amines is 1. The van der Waals surface area contributed by atoms with Crippen LogP contribution in [0, 0.1) is 0 Å². The van der Waals surface area contributed by atoms with E-state index in [1.807, 2.05) is 18.2 Å². The number of ether oxygens (including phenoxy) is 1. The van der Waals surface area contributed by atoms with Crippen LogP contribution in [0.1, 0.15) is 31.2 Å². The second-order valence-corrected chi connectivity index (χ2v) is 7.93. The normalized spacial score (nSPS) is 20.8. The first kappa shape index (κ1) is 19.3. The standard InChI is InChI=1S/C21H27ClN4O2/c22-18-8-4-3-6-16(18)14-17-7-2-1-5-9-26(17)21-23-19(15-20(27)24-21)25-10-12-28-13-11-25/h3-4,6,8,15,17H,1-2,5,7,9-14H2,(H,23,24,27)/t17-/m1/s1. The number of rotatable bonds is 4. The van der Waals surface area contributed by atoms with Gasteiger partial charge in [-0.05, 0) is 30.9 Å². The van der Waals surface area contributed by atoms with Crippen LogP contribution in [-0.4, -0.2) is 48.9 Å². The van der Waals surface area contributed by atoms with Gasteiger partial charge in [-0.25, -0.2) is 0 Å². The van der Waals surface area contributed by atoms with Gasteiger partial charge < -0.3 is 14.5 Å². The fourth-order valence-corrected chi connectivity index (χ4v) is 4.32. The van der Waals surface area contributed by atoms with E-state index < -0.39 is 0 Å². The Kier molecular flexibility index (Phi) is 6.17. The number of aromatic nitrogens is 2. The van der Waals surface area contributed by atoms with Crippen molar-refractivity contribution in [2.24, 2.45) is 0 Å². The summed E-state index contributed by atoms with van der Waals surface area (Å²) in [7, 11) is 0. The topological polar surface area (TPSA) is 61.5 Å². The van der Waals surface area contributed by atoms with Crippen molar-refractivity contribution in [1.29, 1.82) is 0 Å². The minimum Gasteiger partial charge on any atom is -0.378 e. The fourth-order valence-electron chi connectivity index (χ4n) is 4.11. The highest BCUT2D eigenvalue weighted by molar-refractivity contribution is 6.31. The average Bonchev–Trinajstić information content (AvgIpc) is 2.95. The third-order valence-electron chi connectivity index (χ3n) is 5.61. The third-order valence-corrected chi connectivity index (χ3v) is 5.98. The van der Waals surface area contributed by atoms with Gasteiger partial charge in [0, 0.05) is 36.8 Å². The summed E-state index contributed by atoms with van der Waals surface area (Å²) < 4.78 is 5.43. The molecule has 0 spiro atoms. The second kappa shape index (κ2) is 8.97. The Balaban J connectivity index is 1.63. The summed E-state index contributed by atoms with van der Waals surface area (Å²) in [5.74, 6) is 1.41. The van der Waals surface area contributed by atoms with E-state index >= 15 is 0 Å². The van der Waals surface area contributed by atoms with Gasteiger partial charge in [0.15, 0.2) is 0 Å². The molecule has 0 unspecified atom stereocenters. The maximum atomic E-state index is 12.4. The molecule has 0 aliphatic carbocycles. The molecule has 0 bridgehead atoms. The predicted octanol–water partition coefficient (Wildman–Crippen LogP) is 3.25. The highest BCUT2D eigenvalue weighted by atomic mass is 35.5. The number of nitrogens with zero attached hydrogens (tertiary/aromatic N) is 3. The van der Waals surface area contributed by atoms with Crippen LogP contribution in [0.3, 0.4) is 0 Å². The van der Waals surface area contributed by atoms with Crippen molar-refractivity contribution in [3.63, 3.8) is 0 Å². The number of benzene rings is 1. The molecule has 4 rings (SSSR count). The molecular weight excluding hydrogens is 376 g/mol. The largest absolute Gasteiger partial charge is 0.378 e. The SMILES string of the molecule is O=c1cc(N2CCOCC2)nc(N2CCCCC[C@@H]2Cc2ccccc2Cl)[nH]1. The number of H-pyrrole nitrogens is 1. The highest BCUT2D eigenvalue weighted by Crippen LogP contribution is 2.27. The number of anilines is 2. The van der Waals surface area contributed by atoms with Gasteiger partial charge in [-0.3, -0.25) is 9.78 Å². The monoisotopic (exact) mass is 402 g/mol. The van der Waals surface area contributed by atoms with Gasteiger partial charge in [-0.15, -0.1) is 0 Å². The summed E-state index contributed by atoms with van der Waals surface area (Å²) in [6.45, 7) is 3.76. The van der Waals surface area contributed by atoms with Crippen molar-refractivity contribution >= 4 is 23.4 Å². The molecular formula is C21H27ClN4O2. The molecule has 150 valence electrons. The van der Waals surface area contributed by atoms with Crippen molar-refractivity contribution in [3.8, 4) is 0 Å². The van der Waals surface area contributed by atoms with Gasteiger partial charge >= 0.3 is 0 Å². The van der Waals surface area contributed by atoms with Crippen molar-refractivity contribution in [2.45, 2.75) is 38.1 Å². The zero-order valence-electron chi connectivity index (χ0n) is 16.1. The molecule has 1 atom stereocenters. The third kappa shape index (κ3) is 4.50. The quantitative estimate of drug-likeness (QED) is 0.850. The minimum absolute atomic E-state index is 0.104. The summed E-state index contributed by atoms with van der Waals surface area (Å²) >= 11 is 6.42. The number of halogens is 1. The lowest BCUT2D eigenvalue weighted by atomic mass is 10.0. The molecule has 0 saturated carbocycles. The average molecular weight is 403 g/mol. The smallest absolute Gasteiger partial charge is 0.254 e. The van der Waals surface area contributed by atoms with E-state index in [1.54, 1.807) is 6.07 Å². The van der Waals surface area contributed by atoms with Gasteiger partial charge in [0.05, 0.1) is 13.2 Å². The van der Waals surface area contributed by atoms with Crippen LogP contribution in [0.5, 0.6) is 0 Å². The fraction of sp³-hybridized carbons (Fsp3) is 0.524. The van der Waals surface area contributed by atoms with Gasteiger partial charge in [0.2, 0.25) is 5.95 Å². The Labute approximate surface area is 170 Å². The lowest BCUT2D eigenvalue weighted by Gasteiger charge is -2.32. The number of hydrogen-bond donors (Lipinski definition) is 1. The lowest BCUT2D eigenvalue weighted by molar-refractivity contribution is 0.122. The summed E-state index contributed by atoms with van der Waals surface area (Å²) in [6.07, 6.45) is 5.40. The van der Waals surface area contributed by atoms with Crippen molar-refractivity contribution in [1.82, 2.24) is 9.97 Å². The first-order valence-corrected chi connectivity index (χ1v) is 10.5. The Bertz CT molecular complexity index is 850. The van der Waals surface area contributed by atoms with E-state index in [2.05, 4.69) is 20.9 Å². The molecule has 3 heterocycles. The predicted molar refractivity (Wildman–Crippen MR) is 113 cm³/mol. The van der Waals surface area contributed by atoms with Crippen LogP contribution in [0.2, 0.25) is 5.02 Å². The first-order chi connectivity index (χ1) is 13.7. The van der Waals surface area contributed by atoms with E-state index in [0.29, 0.717) is 19.2 Å². The molecule has 0 amide bonds. The van der Waals surface area contributed by atoms with E-state index in [0.717, 1.165) is 55.3 Å². The summed E-state index contributed by atoms with van der Waals surface area (Å²) in [4.78, 5) is 24.6. The molecule has 0 radical (unpaired) electrons. The molecule has 2 aliphatic rings. The van der Waals surface area contributed by atoms with Crippen molar-refractivity contribution in [2.75, 3.05) is 42.6 Å². The van der Waals surface area contributed by atoms with Crippen LogP contribution >= 0.6 is 11.6 Å². The second-order valence-electron chi connectivity index (χ2n) is 7.52. The number of morpholine rings is 1. The highest BCUT2D eigenvalue weighted by Gasteiger charge is 2.25. The molecule has 28 heavy (non-hydrogen) atoms. The molecule has 2 aromatic rings. The Morgan fingerprint density at radius 3 is 2.79 bits per heavy atom. The van der Waals surface area contributed by atoms with E-state index in [4.69, 9.17) is 21.3 Å². The molecule has 1 N–H and O–H groups in total. The van der Waals surface area contributed by atoms with E-state index in [9.17, 15) is 4.79 Å². The zero-order valence-corrected chi connectivity index (χ0v) is 16.8. The van der Waals surface area contributed by atoms with E-state index in [1.165, 1.54) is 12.8 Å². The van der Waals surface area contributed by atoms with Gasteiger partial charge in [0.25, 0.3) is 5.56 Å². The van der Waals surface area contributed by atoms with Gasteiger partial charge in [-0.2, -0.15) is 4.98 Å². The van der Waals surface area contributed by atoms with Crippen LogP contribution in [-0.2, 0) is 11.2 Å². The molecule has 1 aromatic carbocycles. The molecule has 1 aromatic heterocycles. The Morgan fingerprint density at radius 2 is 1.96 bits per heavy atom. The molecule has 2 fully saturated rings. The number of nitrogens with one attached hydrogen (secondary N) is 1. The number of hydrogen-bond acceptors (Lipinski definition) is 5. The molecule has 2 saturated heterocycles. The summed E-state index contributed by atoms with van der Waals surface area (Å²) in [6, 6.07) is 9.88. The molecule has 6 nitrogen and oxygen atoms in total. The van der Waals surface area contributed by atoms with E-state index in [-0.39, 0.29) is 11.6 Å². The lowest BCUT2D eigenvalue weighted by Crippen LogP contribution is -2.41. The van der Waals surface area contributed by atoms with Crippen LogP contribution in [0.4, 0.5) is 11.8 Å². The van der Waals surface area contributed by atoms with Crippen LogP contribution in [0.25, 0.3) is 0 Å². The zero-order chi connectivity index (χ0) is 19.3. The maximum Gasteiger partial charge on any atom is 0.254 e. The molecule has 7 heteroatoms. The van der Waals surface area contributed by atoms with Crippen LogP contribution in [0.15, 0.2) is 35.1 Å². The summed E-state index contributed by atoms with van der Waals surface area (Å²) in [5.41, 5.74) is 1.04. The maximum absolute atomic E-state index is 12.4. The molecule has 2 aliphatic heterocycles. The first-order valence-electron chi connectivity index (χ1n) is 10.1. The van der Waals surface area contributed by atoms with Crippen LogP contribution < -0.4 is 15.4 Å². The van der Waals surface area contributed by atoms with Gasteiger partial charge in [0.1, 0.15) is 5.82 Å². The van der Waals surface area contributed by atoms with Gasteiger partial charge in [-0.1, -0.05) is 42.6 Å².